The van der Waals surface area contributed by atoms with E-state index < -0.39 is 51.8 Å². The maximum atomic E-state index is 13.7. The fourth-order valence-corrected chi connectivity index (χ4v) is 7.65. The molecule has 2 aliphatic rings. The number of ether oxygens (including phenoxy) is 1. The Morgan fingerprint density at radius 3 is 2.14 bits per heavy atom. The quantitative estimate of drug-likeness (QED) is 0.194. The van der Waals surface area contributed by atoms with Gasteiger partial charge in [-0.05, 0) is 59.4 Å². The van der Waals surface area contributed by atoms with E-state index >= 15 is 0 Å². The van der Waals surface area contributed by atoms with Crippen molar-refractivity contribution in [2.45, 2.75) is 74.9 Å². The number of tetrazole rings is 1. The molecule has 262 valence electrons. The van der Waals surface area contributed by atoms with E-state index in [-0.39, 0.29) is 36.7 Å². The van der Waals surface area contributed by atoms with Crippen LogP contribution in [0.25, 0.3) is 0 Å². The third-order valence-electron chi connectivity index (χ3n) is 9.21. The van der Waals surface area contributed by atoms with Crippen molar-refractivity contribution < 1.29 is 39.5 Å². The minimum Gasteiger partial charge on any atom is -0.371 e. The number of sulfonamides is 1. The smallest absolute Gasteiger partial charge is 0.371 e. The zero-order valence-corrected chi connectivity index (χ0v) is 27.1. The molecule has 0 radical (unpaired) electrons. The number of aromatic nitrogens is 4. The molecule has 2 aliphatic heterocycles. The Morgan fingerprint density at radius 1 is 0.898 bits per heavy atom. The number of benzene rings is 3. The SMILES string of the molecule is CS(=O)(=O)NCCn1nnc([C@@H]2C[C@@]3(c4ccccc4)[C@H](OCc4cc(C(F)(F)F)cc(C(F)(F)F)c4)CC[C@@H]2N3Cc2ccccc2)n1. The molecule has 16 heteroatoms. The Morgan fingerprint density at radius 2 is 1.53 bits per heavy atom. The first-order valence-corrected chi connectivity index (χ1v) is 17.5. The predicted octanol–water partition coefficient (Wildman–Crippen LogP) is 5.89. The van der Waals surface area contributed by atoms with Crippen LogP contribution in [0, 0.1) is 0 Å². The lowest BCUT2D eigenvalue weighted by atomic mass is 9.78. The van der Waals surface area contributed by atoms with Gasteiger partial charge in [-0.3, -0.25) is 4.90 Å². The third kappa shape index (κ3) is 7.66. The van der Waals surface area contributed by atoms with Gasteiger partial charge in [0.1, 0.15) is 0 Å². The number of hydrogen-bond donors (Lipinski definition) is 1. The number of fused-ring (bicyclic) bond motifs is 2. The molecule has 3 aromatic carbocycles. The first-order chi connectivity index (χ1) is 23.1. The minimum absolute atomic E-state index is 0.0678. The summed E-state index contributed by atoms with van der Waals surface area (Å²) in [6, 6.07) is 20.7. The zero-order valence-electron chi connectivity index (χ0n) is 26.3. The van der Waals surface area contributed by atoms with Crippen molar-refractivity contribution in [3.05, 3.63) is 113 Å². The fourth-order valence-electron chi connectivity index (χ4n) is 7.18. The topological polar surface area (TPSA) is 102 Å². The number of alkyl halides is 6. The lowest BCUT2D eigenvalue weighted by Gasteiger charge is -2.50. The van der Waals surface area contributed by atoms with Gasteiger partial charge >= 0.3 is 12.4 Å². The summed E-state index contributed by atoms with van der Waals surface area (Å²) in [4.78, 5) is 3.63. The second-order valence-electron chi connectivity index (χ2n) is 12.5. The summed E-state index contributed by atoms with van der Waals surface area (Å²) in [5.41, 5.74) is -1.99. The highest BCUT2D eigenvalue weighted by Crippen LogP contribution is 2.57. The van der Waals surface area contributed by atoms with Crippen LogP contribution in [-0.2, 0) is 52.3 Å². The van der Waals surface area contributed by atoms with Crippen LogP contribution in [0.1, 0.15) is 58.8 Å². The summed E-state index contributed by atoms with van der Waals surface area (Å²) >= 11 is 0. The molecule has 1 aromatic heterocycles. The van der Waals surface area contributed by atoms with Crippen molar-refractivity contribution in [3.63, 3.8) is 0 Å². The summed E-state index contributed by atoms with van der Waals surface area (Å²) in [7, 11) is -3.41. The molecule has 3 heterocycles. The molecular formula is C33H34F6N6O3S. The van der Waals surface area contributed by atoms with Crippen LogP contribution < -0.4 is 4.72 Å². The van der Waals surface area contributed by atoms with Crippen LogP contribution in [0.4, 0.5) is 26.3 Å². The largest absolute Gasteiger partial charge is 0.416 e. The van der Waals surface area contributed by atoms with Crippen molar-refractivity contribution in [2.24, 2.45) is 0 Å². The lowest BCUT2D eigenvalue weighted by molar-refractivity contribution is -0.143. The van der Waals surface area contributed by atoms with E-state index in [9.17, 15) is 34.8 Å². The van der Waals surface area contributed by atoms with Gasteiger partial charge in [-0.15, -0.1) is 10.2 Å². The van der Waals surface area contributed by atoms with Crippen LogP contribution in [0.2, 0.25) is 0 Å². The monoisotopic (exact) mass is 708 g/mol. The number of rotatable bonds is 11. The van der Waals surface area contributed by atoms with Crippen LogP contribution in [-0.4, -0.2) is 58.5 Å². The van der Waals surface area contributed by atoms with E-state index in [2.05, 4.69) is 25.0 Å². The van der Waals surface area contributed by atoms with Crippen LogP contribution in [0.5, 0.6) is 0 Å². The van der Waals surface area contributed by atoms with Gasteiger partial charge in [-0.25, -0.2) is 13.1 Å². The molecule has 0 spiro atoms. The van der Waals surface area contributed by atoms with E-state index in [0.717, 1.165) is 17.4 Å². The minimum atomic E-state index is -4.98. The van der Waals surface area contributed by atoms with Crippen molar-refractivity contribution >= 4 is 10.0 Å². The highest BCUT2D eigenvalue weighted by atomic mass is 32.2. The van der Waals surface area contributed by atoms with Gasteiger partial charge in [-0.2, -0.15) is 31.1 Å². The van der Waals surface area contributed by atoms with Gasteiger partial charge < -0.3 is 4.74 Å². The molecule has 6 rings (SSSR count). The number of nitrogens with zero attached hydrogens (tertiary/aromatic N) is 5. The molecular weight excluding hydrogens is 674 g/mol. The highest BCUT2D eigenvalue weighted by molar-refractivity contribution is 7.88. The Hall–Kier alpha value is -3.86. The summed E-state index contributed by atoms with van der Waals surface area (Å²) in [5, 5.41) is 13.1. The second kappa shape index (κ2) is 13.5. The number of hydrogen-bond acceptors (Lipinski definition) is 7. The molecule has 2 fully saturated rings. The highest BCUT2D eigenvalue weighted by Gasteiger charge is 2.61. The van der Waals surface area contributed by atoms with Gasteiger partial charge in [0.25, 0.3) is 0 Å². The molecule has 0 amide bonds. The Kier molecular flexibility index (Phi) is 9.61. The Balaban J connectivity index is 1.37. The molecule has 4 atom stereocenters. The van der Waals surface area contributed by atoms with Gasteiger partial charge in [-0.1, -0.05) is 60.7 Å². The number of nitrogens with one attached hydrogen (secondary N) is 1. The molecule has 0 unspecified atom stereocenters. The molecule has 9 nitrogen and oxygen atoms in total. The standard InChI is InChI=1S/C33H34F6N6O3S/c1-49(46,47)40-14-15-45-42-30(41-43-45)27-19-31(24-10-6-3-7-11-24)29(13-12-28(27)44(31)20-22-8-4-2-5-9-22)48-21-23-16-25(32(34,35)36)18-26(17-23)33(37,38)39/h2-11,16-18,27-29,40H,12-15,19-21H2,1H3/t27-,28+,29-,31-/m1/s1. The molecule has 2 saturated heterocycles. The summed E-state index contributed by atoms with van der Waals surface area (Å²) in [6.07, 6.45) is -8.04. The summed E-state index contributed by atoms with van der Waals surface area (Å²) in [5.74, 6) is 0.188. The number of halogens is 6. The molecule has 1 N–H and O–H groups in total. The van der Waals surface area contributed by atoms with Crippen LogP contribution >= 0.6 is 0 Å². The Labute approximate surface area is 279 Å². The van der Waals surface area contributed by atoms with Gasteiger partial charge in [0.15, 0.2) is 5.82 Å². The van der Waals surface area contributed by atoms with Crippen molar-refractivity contribution in [3.8, 4) is 0 Å². The van der Waals surface area contributed by atoms with Gasteiger partial charge in [0.2, 0.25) is 10.0 Å². The van der Waals surface area contributed by atoms with E-state index in [1.807, 2.05) is 60.7 Å². The second-order valence-corrected chi connectivity index (χ2v) is 14.3. The van der Waals surface area contributed by atoms with E-state index in [4.69, 9.17) is 4.74 Å². The van der Waals surface area contributed by atoms with Gasteiger partial charge in [0, 0.05) is 25.0 Å². The zero-order chi connectivity index (χ0) is 35.0. The first-order valence-electron chi connectivity index (χ1n) is 15.6. The first kappa shape index (κ1) is 35.0. The maximum Gasteiger partial charge on any atom is 0.416 e. The van der Waals surface area contributed by atoms with Gasteiger partial charge in [0.05, 0.1) is 42.2 Å². The van der Waals surface area contributed by atoms with E-state index in [0.29, 0.717) is 43.8 Å². The van der Waals surface area contributed by atoms with Crippen LogP contribution in [0.15, 0.2) is 78.9 Å². The predicted molar refractivity (Wildman–Crippen MR) is 166 cm³/mol. The average Bonchev–Trinajstić information content (AvgIpc) is 3.59. The fraction of sp³-hybridized carbons (Fsp3) is 0.424. The molecule has 49 heavy (non-hydrogen) atoms. The van der Waals surface area contributed by atoms with Crippen molar-refractivity contribution in [1.82, 2.24) is 29.8 Å². The molecule has 4 aromatic rings. The van der Waals surface area contributed by atoms with E-state index in [1.54, 1.807) is 0 Å². The Bertz CT molecular complexity index is 1820. The average molecular weight is 709 g/mol. The lowest BCUT2D eigenvalue weighted by Crippen LogP contribution is -2.56. The van der Waals surface area contributed by atoms with E-state index in [1.165, 1.54) is 4.80 Å². The normalized spacial score (nSPS) is 23.2. The molecule has 2 bridgehead atoms. The van der Waals surface area contributed by atoms with Crippen molar-refractivity contribution in [2.75, 3.05) is 12.8 Å². The van der Waals surface area contributed by atoms with Crippen molar-refractivity contribution in [1.29, 1.82) is 0 Å². The molecule has 0 saturated carbocycles. The maximum absolute atomic E-state index is 13.7. The summed E-state index contributed by atoms with van der Waals surface area (Å²) < 4.78 is 114. The van der Waals surface area contributed by atoms with Crippen LogP contribution in [0.3, 0.4) is 0 Å². The third-order valence-corrected chi connectivity index (χ3v) is 9.94. The summed E-state index contributed by atoms with van der Waals surface area (Å²) in [6.45, 7) is 0.226. The number of piperidine rings is 1. The molecule has 0 aliphatic carbocycles.